The van der Waals surface area contributed by atoms with Crippen molar-refractivity contribution >= 4 is 53.9 Å². The van der Waals surface area contributed by atoms with Crippen LogP contribution >= 0.6 is 0 Å². The Balaban J connectivity index is 1.27. The van der Waals surface area contributed by atoms with E-state index in [0.717, 1.165) is 0 Å². The minimum atomic E-state index is 1.22. The van der Waals surface area contributed by atoms with Gasteiger partial charge in [0.25, 0.3) is 0 Å². The van der Waals surface area contributed by atoms with Crippen LogP contribution in [0, 0.1) is 0 Å². The summed E-state index contributed by atoms with van der Waals surface area (Å²) >= 11 is 0. The second-order valence-electron chi connectivity index (χ2n) is 11.7. The summed E-state index contributed by atoms with van der Waals surface area (Å²) in [4.78, 5) is 0. The van der Waals surface area contributed by atoms with Gasteiger partial charge in [0.05, 0.1) is 0 Å². The summed E-state index contributed by atoms with van der Waals surface area (Å²) in [7, 11) is 0. The molecule has 0 heterocycles. The molecular weight excluding hydrogens is 528 g/mol. The van der Waals surface area contributed by atoms with Gasteiger partial charge in [0.2, 0.25) is 0 Å². The van der Waals surface area contributed by atoms with Crippen molar-refractivity contribution in [1.82, 2.24) is 0 Å². The number of hydrogen-bond donors (Lipinski definition) is 0. The Morgan fingerprint density at radius 2 is 0.614 bits per heavy atom. The lowest BCUT2D eigenvalue weighted by atomic mass is 9.89. The van der Waals surface area contributed by atoms with Crippen molar-refractivity contribution in [3.05, 3.63) is 170 Å². The van der Waals surface area contributed by atoms with Crippen LogP contribution in [-0.2, 0) is 0 Å². The lowest BCUT2D eigenvalue weighted by Crippen LogP contribution is -1.88. The van der Waals surface area contributed by atoms with Gasteiger partial charge in [-0.05, 0) is 118 Å². The maximum atomic E-state index is 2.39. The molecule has 0 aliphatic heterocycles. The highest BCUT2D eigenvalue weighted by Crippen LogP contribution is 2.39. The summed E-state index contributed by atoms with van der Waals surface area (Å²) in [5, 5.41) is 12.9. The van der Waals surface area contributed by atoms with Crippen LogP contribution in [0.25, 0.3) is 87.2 Å². The topological polar surface area (TPSA) is 0 Å². The van der Waals surface area contributed by atoms with Gasteiger partial charge in [0, 0.05) is 0 Å². The zero-order valence-corrected chi connectivity index (χ0v) is 24.2. The Morgan fingerprint density at radius 1 is 0.182 bits per heavy atom. The molecule has 0 amide bonds. The summed E-state index contributed by atoms with van der Waals surface area (Å²) in [6, 6.07) is 62.4. The normalized spacial score (nSPS) is 11.6. The minimum Gasteiger partial charge on any atom is -0.0622 e. The zero-order valence-electron chi connectivity index (χ0n) is 24.2. The van der Waals surface area contributed by atoms with Crippen LogP contribution in [0.5, 0.6) is 0 Å². The van der Waals surface area contributed by atoms with Crippen molar-refractivity contribution in [1.29, 1.82) is 0 Å². The first-order valence-corrected chi connectivity index (χ1v) is 15.3. The second-order valence-corrected chi connectivity index (χ2v) is 11.7. The highest BCUT2D eigenvalue weighted by atomic mass is 14.2. The average Bonchev–Trinajstić information content (AvgIpc) is 3.11. The molecule has 44 heavy (non-hydrogen) atoms. The van der Waals surface area contributed by atoms with Crippen LogP contribution in [0.1, 0.15) is 0 Å². The lowest BCUT2D eigenvalue weighted by Gasteiger charge is -2.14. The Morgan fingerprint density at radius 3 is 1.27 bits per heavy atom. The second kappa shape index (κ2) is 9.93. The SMILES string of the molecule is c1ccc(-c2cc(-c3ccc4c(ccc5ccccc54)c3)cc(-c3ccc4c5ccccc5c5ccccc5c4c3)c2)cc1. The van der Waals surface area contributed by atoms with E-state index in [0.29, 0.717) is 0 Å². The van der Waals surface area contributed by atoms with Gasteiger partial charge in [0.1, 0.15) is 0 Å². The summed E-state index contributed by atoms with van der Waals surface area (Å²) in [6.45, 7) is 0. The molecule has 9 aromatic carbocycles. The third-order valence-corrected chi connectivity index (χ3v) is 9.20. The third-order valence-electron chi connectivity index (χ3n) is 9.20. The van der Waals surface area contributed by atoms with E-state index in [4.69, 9.17) is 0 Å². The van der Waals surface area contributed by atoms with E-state index in [-0.39, 0.29) is 0 Å². The van der Waals surface area contributed by atoms with E-state index in [1.54, 1.807) is 0 Å². The molecule has 0 nitrogen and oxygen atoms in total. The van der Waals surface area contributed by atoms with Crippen molar-refractivity contribution in [2.45, 2.75) is 0 Å². The molecule has 0 aliphatic rings. The molecule has 0 saturated heterocycles. The minimum absolute atomic E-state index is 1.22. The maximum Gasteiger partial charge on any atom is -0.00928 e. The Hall–Kier alpha value is -5.72. The number of benzene rings is 9. The van der Waals surface area contributed by atoms with Gasteiger partial charge >= 0.3 is 0 Å². The molecular formula is C44H28. The standard InChI is InChI=1S/C44H28/c1-2-10-29(11-3-1)34-25-35(31-20-22-38-33(24-31)19-18-30-12-4-5-13-37(30)38)27-36(26-34)32-21-23-43-41-16-7-6-14-39(41)40-15-8-9-17-42(40)44(43)28-32/h1-28H. The van der Waals surface area contributed by atoms with E-state index in [9.17, 15) is 0 Å². The van der Waals surface area contributed by atoms with E-state index >= 15 is 0 Å². The van der Waals surface area contributed by atoms with Crippen LogP contribution in [0.15, 0.2) is 170 Å². The maximum absolute atomic E-state index is 2.39. The van der Waals surface area contributed by atoms with Crippen LogP contribution in [0.4, 0.5) is 0 Å². The van der Waals surface area contributed by atoms with Crippen LogP contribution in [0.2, 0.25) is 0 Å². The highest BCUT2D eigenvalue weighted by molar-refractivity contribution is 6.25. The van der Waals surface area contributed by atoms with Gasteiger partial charge in [-0.3, -0.25) is 0 Å². The van der Waals surface area contributed by atoms with Gasteiger partial charge in [0.15, 0.2) is 0 Å². The quantitative estimate of drug-likeness (QED) is 0.190. The fourth-order valence-corrected chi connectivity index (χ4v) is 7.04. The average molecular weight is 557 g/mol. The predicted octanol–water partition coefficient (Wildman–Crippen LogP) is 12.5. The number of rotatable bonds is 3. The zero-order chi connectivity index (χ0) is 29.0. The molecule has 0 saturated carbocycles. The number of fused-ring (bicyclic) bond motifs is 9. The number of hydrogen-bond acceptors (Lipinski definition) is 0. The molecule has 0 spiro atoms. The van der Waals surface area contributed by atoms with Crippen molar-refractivity contribution in [2.24, 2.45) is 0 Å². The molecule has 0 unspecified atom stereocenters. The van der Waals surface area contributed by atoms with E-state index in [2.05, 4.69) is 170 Å². The molecule has 0 radical (unpaired) electrons. The van der Waals surface area contributed by atoms with Crippen molar-refractivity contribution in [2.75, 3.05) is 0 Å². The third kappa shape index (κ3) is 4.00. The molecule has 0 bridgehead atoms. The van der Waals surface area contributed by atoms with Crippen LogP contribution in [-0.4, -0.2) is 0 Å². The summed E-state index contributed by atoms with van der Waals surface area (Å²) in [5.41, 5.74) is 7.34. The largest absolute Gasteiger partial charge is 0.0622 e. The van der Waals surface area contributed by atoms with Gasteiger partial charge < -0.3 is 0 Å². The Kier molecular flexibility index (Phi) is 5.61. The van der Waals surface area contributed by atoms with Gasteiger partial charge in [-0.15, -0.1) is 0 Å². The summed E-state index contributed by atoms with van der Waals surface area (Å²) in [5.74, 6) is 0. The molecule has 0 fully saturated rings. The molecule has 0 aromatic heterocycles. The van der Waals surface area contributed by atoms with Gasteiger partial charge in [-0.2, -0.15) is 0 Å². The molecule has 0 aliphatic carbocycles. The van der Waals surface area contributed by atoms with Crippen LogP contribution in [0.3, 0.4) is 0 Å². The predicted molar refractivity (Wildman–Crippen MR) is 190 cm³/mol. The van der Waals surface area contributed by atoms with E-state index < -0.39 is 0 Å². The molecule has 204 valence electrons. The van der Waals surface area contributed by atoms with Crippen LogP contribution < -0.4 is 0 Å². The lowest BCUT2D eigenvalue weighted by molar-refractivity contribution is 1.58. The Labute approximate surface area is 256 Å². The fourth-order valence-electron chi connectivity index (χ4n) is 7.04. The molecule has 0 atom stereocenters. The Bertz CT molecular complexity index is 2500. The molecule has 0 heteroatoms. The summed E-state index contributed by atoms with van der Waals surface area (Å²) in [6.07, 6.45) is 0. The smallest absolute Gasteiger partial charge is 0.00928 e. The van der Waals surface area contributed by atoms with Crippen molar-refractivity contribution < 1.29 is 0 Å². The first kappa shape index (κ1) is 24.8. The molecule has 0 N–H and O–H groups in total. The van der Waals surface area contributed by atoms with Gasteiger partial charge in [-0.25, -0.2) is 0 Å². The fraction of sp³-hybridized carbons (Fsp3) is 0. The van der Waals surface area contributed by atoms with E-state index in [1.165, 1.54) is 87.2 Å². The first-order chi connectivity index (χ1) is 21.8. The summed E-state index contributed by atoms with van der Waals surface area (Å²) < 4.78 is 0. The molecule has 9 rings (SSSR count). The molecule has 9 aromatic rings. The van der Waals surface area contributed by atoms with Gasteiger partial charge in [-0.1, -0.05) is 140 Å². The van der Waals surface area contributed by atoms with Crippen molar-refractivity contribution in [3.8, 4) is 33.4 Å². The first-order valence-electron chi connectivity index (χ1n) is 15.3. The highest BCUT2D eigenvalue weighted by Gasteiger charge is 2.12. The van der Waals surface area contributed by atoms with Crippen molar-refractivity contribution in [3.63, 3.8) is 0 Å². The van der Waals surface area contributed by atoms with E-state index in [1.807, 2.05) is 0 Å². The monoisotopic (exact) mass is 556 g/mol.